The third-order valence-corrected chi connectivity index (χ3v) is 9.19. The molecule has 4 aliphatic carbocycles. The fraction of sp³-hybridized carbons (Fsp3) is 0.500. The van der Waals surface area contributed by atoms with Gasteiger partial charge in [0.2, 0.25) is 5.91 Å². The van der Waals surface area contributed by atoms with Gasteiger partial charge in [-0.2, -0.15) is 0 Å². The lowest BCUT2D eigenvalue weighted by molar-refractivity contribution is -0.115. The van der Waals surface area contributed by atoms with Crippen molar-refractivity contribution in [3.05, 3.63) is 59.1 Å². The minimum absolute atomic E-state index is 0.0694. The van der Waals surface area contributed by atoms with Crippen LogP contribution in [0.1, 0.15) is 57.4 Å². The van der Waals surface area contributed by atoms with Gasteiger partial charge in [-0.1, -0.05) is 30.7 Å². The summed E-state index contributed by atoms with van der Waals surface area (Å²) in [5, 5.41) is 3.74. The van der Waals surface area contributed by atoms with E-state index in [-0.39, 0.29) is 11.2 Å². The number of carbonyl (C=O) groups is 1. The molecule has 4 heteroatoms. The largest absolute Gasteiger partial charge is 0.325 e. The Labute approximate surface area is 189 Å². The topological polar surface area (TPSA) is 29.1 Å². The van der Waals surface area contributed by atoms with Crippen LogP contribution in [0.2, 0.25) is 5.02 Å². The minimum atomic E-state index is -0.117. The summed E-state index contributed by atoms with van der Waals surface area (Å²) in [5.41, 5.74) is 2.82. The van der Waals surface area contributed by atoms with Gasteiger partial charge in [-0.05, 0) is 110 Å². The summed E-state index contributed by atoms with van der Waals surface area (Å²) in [5.74, 6) is 2.92. The van der Waals surface area contributed by atoms with Crippen molar-refractivity contribution in [1.82, 2.24) is 0 Å². The molecule has 4 aliphatic rings. The highest BCUT2D eigenvalue weighted by atomic mass is 35.5. The number of hydrogen-bond donors (Lipinski definition) is 1. The lowest BCUT2D eigenvalue weighted by Crippen LogP contribution is -2.48. The van der Waals surface area contributed by atoms with Gasteiger partial charge in [-0.3, -0.25) is 4.79 Å². The second kappa shape index (κ2) is 8.24. The van der Waals surface area contributed by atoms with E-state index in [0.29, 0.717) is 5.41 Å². The van der Waals surface area contributed by atoms with E-state index in [4.69, 9.17) is 11.6 Å². The zero-order chi connectivity index (χ0) is 20.7. The molecule has 6 rings (SSSR count). The number of hydrogen-bond acceptors (Lipinski definition) is 2. The van der Waals surface area contributed by atoms with E-state index in [2.05, 4.69) is 36.5 Å². The lowest BCUT2D eigenvalue weighted by Gasteiger charge is -2.57. The van der Waals surface area contributed by atoms with Gasteiger partial charge in [-0.15, -0.1) is 11.8 Å². The SMILES string of the molecule is CC[C@H](Sc1ccc(Cl)cc1)C(=O)Nc1ccc(C23CC4CC(CC(C4)C2)C3)cc1. The van der Waals surface area contributed by atoms with Crippen LogP contribution in [0.15, 0.2) is 53.4 Å². The maximum absolute atomic E-state index is 12.9. The molecule has 4 bridgehead atoms. The quantitative estimate of drug-likeness (QED) is 0.477. The Hall–Kier alpha value is -1.45. The third-order valence-electron chi connectivity index (χ3n) is 7.56. The molecule has 4 saturated carbocycles. The summed E-state index contributed by atoms with van der Waals surface area (Å²) in [4.78, 5) is 13.9. The van der Waals surface area contributed by atoms with Gasteiger partial charge in [0.25, 0.3) is 0 Å². The number of halogens is 1. The molecule has 1 N–H and O–H groups in total. The second-order valence-corrected chi connectivity index (χ2v) is 11.4. The van der Waals surface area contributed by atoms with Crippen LogP contribution < -0.4 is 5.32 Å². The summed E-state index contributed by atoms with van der Waals surface area (Å²) in [6.07, 6.45) is 9.32. The van der Waals surface area contributed by atoms with Crippen molar-refractivity contribution in [3.8, 4) is 0 Å². The lowest BCUT2D eigenvalue weighted by atomic mass is 9.48. The molecule has 2 nitrogen and oxygen atoms in total. The molecule has 1 amide bonds. The van der Waals surface area contributed by atoms with Crippen LogP contribution in [0, 0.1) is 17.8 Å². The van der Waals surface area contributed by atoms with E-state index in [9.17, 15) is 4.79 Å². The summed E-state index contributed by atoms with van der Waals surface area (Å²) in [7, 11) is 0. The smallest absolute Gasteiger partial charge is 0.237 e. The monoisotopic (exact) mass is 439 g/mol. The molecule has 0 radical (unpaired) electrons. The van der Waals surface area contributed by atoms with Gasteiger partial charge < -0.3 is 5.32 Å². The first-order valence-electron chi connectivity index (χ1n) is 11.4. The molecule has 0 unspecified atom stereocenters. The average Bonchev–Trinajstić information content (AvgIpc) is 2.73. The van der Waals surface area contributed by atoms with E-state index in [1.165, 1.54) is 44.1 Å². The zero-order valence-electron chi connectivity index (χ0n) is 17.6. The predicted molar refractivity (Wildman–Crippen MR) is 126 cm³/mol. The molecule has 1 atom stereocenters. The Morgan fingerprint density at radius 3 is 2.10 bits per heavy atom. The van der Waals surface area contributed by atoms with Gasteiger partial charge in [0.1, 0.15) is 0 Å². The molecule has 2 aromatic rings. The van der Waals surface area contributed by atoms with Gasteiger partial charge in [0.15, 0.2) is 0 Å². The number of benzene rings is 2. The number of amides is 1. The van der Waals surface area contributed by atoms with Crippen LogP contribution in [0.4, 0.5) is 5.69 Å². The normalized spacial score (nSPS) is 30.3. The van der Waals surface area contributed by atoms with E-state index in [0.717, 1.165) is 39.8 Å². The van der Waals surface area contributed by atoms with Crippen LogP contribution in [-0.2, 0) is 10.2 Å². The summed E-state index contributed by atoms with van der Waals surface area (Å²) in [6, 6.07) is 16.5. The maximum Gasteiger partial charge on any atom is 0.237 e. The fourth-order valence-corrected chi connectivity index (χ4v) is 7.67. The Kier molecular flexibility index (Phi) is 5.62. The summed E-state index contributed by atoms with van der Waals surface area (Å²) in [6.45, 7) is 2.06. The predicted octanol–water partition coefficient (Wildman–Crippen LogP) is 7.32. The van der Waals surface area contributed by atoms with Crippen LogP contribution in [0.3, 0.4) is 0 Å². The van der Waals surface area contributed by atoms with Crippen molar-refractivity contribution in [2.24, 2.45) is 17.8 Å². The third kappa shape index (κ3) is 4.03. The van der Waals surface area contributed by atoms with Crippen molar-refractivity contribution < 1.29 is 4.79 Å². The molecule has 0 saturated heterocycles. The van der Waals surface area contributed by atoms with E-state index < -0.39 is 0 Å². The second-order valence-electron chi connectivity index (χ2n) is 9.73. The number of nitrogens with one attached hydrogen (secondary N) is 1. The van der Waals surface area contributed by atoms with Crippen molar-refractivity contribution in [2.45, 2.75) is 67.4 Å². The molecule has 0 aliphatic heterocycles. The number of anilines is 1. The standard InChI is InChI=1S/C26H30ClNOS/c1-2-24(30-23-9-5-21(27)6-10-23)25(29)28-22-7-3-20(4-8-22)26-14-17-11-18(15-26)13-19(12-17)16-26/h3-10,17-19,24H,2,11-16H2,1H3,(H,28,29)/t17?,18?,19?,24-,26?/m0/s1. The first kappa shape index (κ1) is 20.5. The number of carbonyl (C=O) groups excluding carboxylic acids is 1. The Morgan fingerprint density at radius 2 is 1.57 bits per heavy atom. The van der Waals surface area contributed by atoms with Gasteiger partial charge >= 0.3 is 0 Å². The highest BCUT2D eigenvalue weighted by molar-refractivity contribution is 8.00. The molecule has 0 heterocycles. The summed E-state index contributed by atoms with van der Waals surface area (Å²) < 4.78 is 0. The Bertz CT molecular complexity index is 872. The van der Waals surface area contributed by atoms with Crippen molar-refractivity contribution in [3.63, 3.8) is 0 Å². The van der Waals surface area contributed by atoms with Gasteiger partial charge in [-0.25, -0.2) is 0 Å². The van der Waals surface area contributed by atoms with Crippen LogP contribution in [-0.4, -0.2) is 11.2 Å². The first-order chi connectivity index (χ1) is 14.5. The molecular formula is C26H30ClNOS. The molecular weight excluding hydrogens is 410 g/mol. The van der Waals surface area contributed by atoms with Gasteiger partial charge in [0.05, 0.1) is 5.25 Å². The highest BCUT2D eigenvalue weighted by Gasteiger charge is 2.51. The minimum Gasteiger partial charge on any atom is -0.325 e. The van der Waals surface area contributed by atoms with E-state index in [1.807, 2.05) is 24.3 Å². The Balaban J connectivity index is 1.25. The maximum atomic E-state index is 12.9. The summed E-state index contributed by atoms with van der Waals surface area (Å²) >= 11 is 7.57. The van der Waals surface area contributed by atoms with Crippen molar-refractivity contribution in [1.29, 1.82) is 0 Å². The average molecular weight is 440 g/mol. The first-order valence-corrected chi connectivity index (χ1v) is 12.6. The van der Waals surface area contributed by atoms with Gasteiger partial charge in [0, 0.05) is 15.6 Å². The van der Waals surface area contributed by atoms with Crippen molar-refractivity contribution >= 4 is 35.0 Å². The molecule has 0 spiro atoms. The van der Waals surface area contributed by atoms with E-state index in [1.54, 1.807) is 11.8 Å². The molecule has 158 valence electrons. The zero-order valence-corrected chi connectivity index (χ0v) is 19.1. The van der Waals surface area contributed by atoms with Crippen LogP contribution in [0.25, 0.3) is 0 Å². The van der Waals surface area contributed by atoms with E-state index >= 15 is 0 Å². The molecule has 0 aromatic heterocycles. The molecule has 4 fully saturated rings. The fourth-order valence-electron chi connectivity index (χ4n) is 6.59. The Morgan fingerprint density at radius 1 is 1.00 bits per heavy atom. The molecule has 2 aromatic carbocycles. The number of rotatable bonds is 6. The van der Waals surface area contributed by atoms with Crippen LogP contribution >= 0.6 is 23.4 Å². The van der Waals surface area contributed by atoms with Crippen LogP contribution in [0.5, 0.6) is 0 Å². The van der Waals surface area contributed by atoms with Crippen molar-refractivity contribution in [2.75, 3.05) is 5.32 Å². The molecule has 30 heavy (non-hydrogen) atoms. The number of thioether (sulfide) groups is 1. The highest BCUT2D eigenvalue weighted by Crippen LogP contribution is 2.60.